The molecule has 11 nitrogen and oxygen atoms in total. The van der Waals surface area contributed by atoms with Gasteiger partial charge in [0.2, 0.25) is 5.65 Å². The molecule has 0 fully saturated rings. The molecule has 6 aromatic rings. The van der Waals surface area contributed by atoms with Gasteiger partial charge in [-0.3, -0.25) is 9.36 Å². The van der Waals surface area contributed by atoms with Crippen LogP contribution in [0.5, 0.6) is 0 Å². The number of halogens is 2. The summed E-state index contributed by atoms with van der Waals surface area (Å²) in [5, 5.41) is 25.0. The number of benzene rings is 2. The number of fused-ring (bicyclic) bond motifs is 6. The molecule has 0 saturated heterocycles. The SMILES string of the molecule is CCOC(=O)c1ncn2c1CN(C)C(=O)c1cc(F)ccc1-2.[O-][n+]1nc2c(-c3ccsc3)cnn2c2cc(Cl)ccc21. The molecule has 0 saturated carbocycles. The second kappa shape index (κ2) is 10.8. The molecular weight excluding hydrogens is 585 g/mol. The molecule has 7 rings (SSSR count). The molecule has 1 amide bonds. The number of carbonyl (C=O) groups excluding carboxylic acids is 2. The number of aromatic nitrogens is 6. The Kier molecular flexibility index (Phi) is 7.04. The van der Waals surface area contributed by atoms with E-state index < -0.39 is 11.8 Å². The van der Waals surface area contributed by atoms with Gasteiger partial charge < -0.3 is 14.8 Å². The Morgan fingerprint density at radius 1 is 1.21 bits per heavy atom. The minimum atomic E-state index is -0.539. The highest BCUT2D eigenvalue weighted by Gasteiger charge is 2.29. The summed E-state index contributed by atoms with van der Waals surface area (Å²) in [4.78, 5) is 30.5. The topological polar surface area (TPSA) is 122 Å². The number of hydrogen-bond acceptors (Lipinski definition) is 8. The monoisotopic (exact) mass is 605 g/mol. The lowest BCUT2D eigenvalue weighted by atomic mass is 10.1. The average molecular weight is 606 g/mol. The van der Waals surface area contributed by atoms with Gasteiger partial charge in [0.1, 0.15) is 17.7 Å². The summed E-state index contributed by atoms with van der Waals surface area (Å²) in [5.74, 6) is -1.34. The minimum absolute atomic E-state index is 0.165. The van der Waals surface area contributed by atoms with E-state index >= 15 is 0 Å². The number of carbonyl (C=O) groups is 2. The maximum atomic E-state index is 13.5. The van der Waals surface area contributed by atoms with Gasteiger partial charge in [-0.25, -0.2) is 18.7 Å². The number of ether oxygens (including phenoxy) is 1. The zero-order valence-electron chi connectivity index (χ0n) is 22.2. The van der Waals surface area contributed by atoms with Crippen LogP contribution < -0.4 is 4.85 Å². The summed E-state index contributed by atoms with van der Waals surface area (Å²) < 4.78 is 21.7. The molecule has 0 bridgehead atoms. The zero-order chi connectivity index (χ0) is 29.5. The van der Waals surface area contributed by atoms with Crippen LogP contribution in [-0.4, -0.2) is 54.7 Å². The molecule has 42 heavy (non-hydrogen) atoms. The van der Waals surface area contributed by atoms with E-state index in [1.807, 2.05) is 16.8 Å². The van der Waals surface area contributed by atoms with Crippen LogP contribution in [0.25, 0.3) is 33.5 Å². The third-order valence-corrected chi connectivity index (χ3v) is 7.57. The lowest BCUT2D eigenvalue weighted by Gasteiger charge is -2.14. The highest BCUT2D eigenvalue weighted by Crippen LogP contribution is 2.28. The van der Waals surface area contributed by atoms with E-state index in [2.05, 4.69) is 15.2 Å². The first-order valence-electron chi connectivity index (χ1n) is 12.6. The second-order valence-electron chi connectivity index (χ2n) is 9.26. The van der Waals surface area contributed by atoms with Crippen molar-refractivity contribution in [2.45, 2.75) is 13.5 Å². The van der Waals surface area contributed by atoms with Crippen molar-refractivity contribution in [3.8, 4) is 16.8 Å². The van der Waals surface area contributed by atoms with E-state index in [0.717, 1.165) is 11.1 Å². The number of thiophene rings is 1. The van der Waals surface area contributed by atoms with Crippen LogP contribution in [0.1, 0.15) is 33.5 Å². The molecule has 14 heteroatoms. The van der Waals surface area contributed by atoms with Crippen molar-refractivity contribution in [3.05, 3.63) is 98.7 Å². The second-order valence-corrected chi connectivity index (χ2v) is 10.5. The van der Waals surface area contributed by atoms with Crippen LogP contribution in [0.3, 0.4) is 0 Å². The smallest absolute Gasteiger partial charge is 0.358 e. The van der Waals surface area contributed by atoms with Gasteiger partial charge in [-0.15, -0.1) is 0 Å². The summed E-state index contributed by atoms with van der Waals surface area (Å²) in [5.41, 5.74) is 4.85. The van der Waals surface area contributed by atoms with E-state index in [1.165, 1.54) is 29.4 Å². The molecule has 0 unspecified atom stereocenters. The van der Waals surface area contributed by atoms with Crippen LogP contribution in [0.15, 0.2) is 65.7 Å². The highest BCUT2D eigenvalue weighted by molar-refractivity contribution is 7.08. The molecule has 0 atom stereocenters. The quantitative estimate of drug-likeness (QED) is 0.163. The Bertz CT molecular complexity index is 1990. The van der Waals surface area contributed by atoms with Crippen molar-refractivity contribution in [3.63, 3.8) is 0 Å². The molecular formula is C28H21ClFN7O4S. The van der Waals surface area contributed by atoms with Gasteiger partial charge in [-0.05, 0) is 64.5 Å². The fraction of sp³-hybridized carbons (Fsp3) is 0.143. The van der Waals surface area contributed by atoms with Crippen molar-refractivity contribution >= 4 is 51.5 Å². The van der Waals surface area contributed by atoms with Crippen molar-refractivity contribution in [2.75, 3.05) is 13.7 Å². The molecule has 212 valence electrons. The third kappa shape index (κ3) is 4.72. The number of nitrogens with zero attached hydrogens (tertiary/aromatic N) is 7. The molecule has 0 aliphatic carbocycles. The number of hydrogen-bond donors (Lipinski definition) is 0. The lowest BCUT2D eigenvalue weighted by molar-refractivity contribution is -0.640. The fourth-order valence-electron chi connectivity index (χ4n) is 4.70. The molecule has 0 radical (unpaired) electrons. The van der Waals surface area contributed by atoms with E-state index in [1.54, 1.807) is 58.8 Å². The van der Waals surface area contributed by atoms with Crippen LogP contribution in [0, 0.1) is 11.0 Å². The molecule has 0 N–H and O–H groups in total. The van der Waals surface area contributed by atoms with E-state index in [9.17, 15) is 19.2 Å². The Hall–Kier alpha value is -4.88. The highest BCUT2D eigenvalue weighted by atomic mass is 35.5. The molecule has 2 aromatic carbocycles. The van der Waals surface area contributed by atoms with Gasteiger partial charge in [0.05, 0.1) is 41.9 Å². The van der Waals surface area contributed by atoms with Crippen LogP contribution >= 0.6 is 22.9 Å². The standard InChI is InChI=1S/C15H14FN3O3.C13H7ClN4OS/c1-3-22-15(21)13-12-7-18(2)14(20)10-6-9(16)4-5-11(10)19(12)8-17-13;14-9-1-2-11-12(5-9)17-13(16-18(11)19)10(6-15-17)8-3-4-20-7-8/h4-6,8H,3,7H2,1-2H3;1-7H. The van der Waals surface area contributed by atoms with Crippen molar-refractivity contribution in [2.24, 2.45) is 0 Å². The van der Waals surface area contributed by atoms with E-state index in [4.69, 9.17) is 16.3 Å². The van der Waals surface area contributed by atoms with Gasteiger partial charge in [0.25, 0.3) is 11.4 Å². The Morgan fingerprint density at radius 2 is 2.05 bits per heavy atom. The predicted octanol–water partition coefficient (Wildman–Crippen LogP) is 4.67. The maximum Gasteiger partial charge on any atom is 0.358 e. The van der Waals surface area contributed by atoms with Gasteiger partial charge in [0, 0.05) is 23.2 Å². The van der Waals surface area contributed by atoms with Crippen molar-refractivity contribution in [1.29, 1.82) is 0 Å². The molecule has 1 aliphatic heterocycles. The number of rotatable bonds is 3. The van der Waals surface area contributed by atoms with E-state index in [-0.39, 0.29) is 30.3 Å². The van der Waals surface area contributed by atoms with E-state index in [0.29, 0.717) is 37.9 Å². The fourth-order valence-corrected chi connectivity index (χ4v) is 5.52. The summed E-state index contributed by atoms with van der Waals surface area (Å²) in [6.07, 6.45) is 3.16. The van der Waals surface area contributed by atoms with Crippen molar-refractivity contribution < 1.29 is 23.6 Å². The summed E-state index contributed by atoms with van der Waals surface area (Å²) >= 11 is 7.59. The molecule has 5 heterocycles. The molecule has 4 aromatic heterocycles. The van der Waals surface area contributed by atoms with Gasteiger partial charge in [-0.1, -0.05) is 11.6 Å². The third-order valence-electron chi connectivity index (χ3n) is 6.65. The predicted molar refractivity (Wildman–Crippen MR) is 153 cm³/mol. The largest absolute Gasteiger partial charge is 0.594 e. The summed E-state index contributed by atoms with van der Waals surface area (Å²) in [6, 6.07) is 10.9. The minimum Gasteiger partial charge on any atom is -0.594 e. The van der Waals surface area contributed by atoms with Gasteiger partial charge in [0.15, 0.2) is 5.69 Å². The number of imidazole rings is 1. The van der Waals surface area contributed by atoms with Crippen LogP contribution in [0.4, 0.5) is 4.39 Å². The Morgan fingerprint density at radius 3 is 2.81 bits per heavy atom. The van der Waals surface area contributed by atoms with Crippen LogP contribution in [0.2, 0.25) is 5.02 Å². The Balaban J connectivity index is 0.000000151. The first-order valence-corrected chi connectivity index (χ1v) is 14.0. The zero-order valence-corrected chi connectivity index (χ0v) is 23.8. The van der Waals surface area contributed by atoms with Gasteiger partial charge >= 0.3 is 5.97 Å². The average Bonchev–Trinajstić information content (AvgIpc) is 3.72. The first-order chi connectivity index (χ1) is 20.3. The first kappa shape index (κ1) is 27.3. The van der Waals surface area contributed by atoms with Crippen LogP contribution in [-0.2, 0) is 11.3 Å². The Labute approximate surface area is 246 Å². The maximum absolute atomic E-state index is 13.5. The van der Waals surface area contributed by atoms with Gasteiger partial charge in [-0.2, -0.15) is 16.4 Å². The summed E-state index contributed by atoms with van der Waals surface area (Å²) in [6.45, 7) is 2.13. The number of amides is 1. The molecule has 1 aliphatic rings. The normalized spacial score (nSPS) is 12.5. The van der Waals surface area contributed by atoms with Crippen molar-refractivity contribution in [1.82, 2.24) is 29.2 Å². The summed E-state index contributed by atoms with van der Waals surface area (Å²) in [7, 11) is 1.59. The number of esters is 1. The lowest BCUT2D eigenvalue weighted by Crippen LogP contribution is -2.33. The molecule has 0 spiro atoms.